The molecule has 2 bridgehead atoms. The number of hydrazine groups is 1. The fourth-order valence-electron chi connectivity index (χ4n) is 4.31. The summed E-state index contributed by atoms with van der Waals surface area (Å²) < 4.78 is 0. The van der Waals surface area contributed by atoms with Crippen LogP contribution in [-0.2, 0) is 4.79 Å². The van der Waals surface area contributed by atoms with Gasteiger partial charge in [-0.25, -0.2) is 9.80 Å². The minimum atomic E-state index is -0.748. The van der Waals surface area contributed by atoms with Crippen LogP contribution < -0.4 is 15.5 Å². The second-order valence-electron chi connectivity index (χ2n) is 6.96. The Morgan fingerprint density at radius 1 is 1.00 bits per heavy atom. The van der Waals surface area contributed by atoms with Gasteiger partial charge in [0.25, 0.3) is 11.8 Å². The first-order valence-corrected chi connectivity index (χ1v) is 8.68. The quantitative estimate of drug-likeness (QED) is 0.706. The minimum Gasteiger partial charge on any atom is -0.362 e. The minimum absolute atomic E-state index is 0.00432. The van der Waals surface area contributed by atoms with Crippen LogP contribution in [0.25, 0.3) is 0 Å². The standard InChI is InChI=1S/C17H17N5O4/c23-13-4-5-20(17(26)19-13)22-15(24)11-2-1-3-12(14(11)16(22)25)21-9-6-10(21)8-18-7-9/h1-3,9-10,18H,4-8H2,(H,19,23,26). The normalized spacial score (nSPS) is 27.5. The third-order valence-corrected chi connectivity index (χ3v) is 5.51. The number of imide groups is 2. The van der Waals surface area contributed by atoms with E-state index in [1.165, 1.54) is 0 Å². The number of hydrogen-bond donors (Lipinski definition) is 2. The Morgan fingerprint density at radius 2 is 1.77 bits per heavy atom. The molecule has 9 heteroatoms. The molecule has 0 spiro atoms. The van der Waals surface area contributed by atoms with Crippen molar-refractivity contribution in [3.63, 3.8) is 0 Å². The molecule has 0 radical (unpaired) electrons. The lowest BCUT2D eigenvalue weighted by atomic mass is 9.87. The molecular weight excluding hydrogens is 338 g/mol. The van der Waals surface area contributed by atoms with Crippen molar-refractivity contribution in [2.45, 2.75) is 24.9 Å². The molecule has 2 N–H and O–H groups in total. The summed E-state index contributed by atoms with van der Waals surface area (Å²) in [6.07, 6.45) is 1.12. The summed E-state index contributed by atoms with van der Waals surface area (Å²) in [5, 5.41) is 7.38. The third kappa shape index (κ3) is 1.94. The molecule has 0 aliphatic carbocycles. The van der Waals surface area contributed by atoms with Gasteiger partial charge in [0.05, 0.1) is 23.4 Å². The van der Waals surface area contributed by atoms with Crippen LogP contribution >= 0.6 is 0 Å². The molecule has 9 nitrogen and oxygen atoms in total. The first-order chi connectivity index (χ1) is 12.6. The van der Waals surface area contributed by atoms with Gasteiger partial charge in [-0.05, 0) is 18.6 Å². The highest BCUT2D eigenvalue weighted by atomic mass is 16.2. The Balaban J connectivity index is 1.52. The average Bonchev–Trinajstić information content (AvgIpc) is 2.88. The molecule has 3 saturated heterocycles. The van der Waals surface area contributed by atoms with E-state index in [0.29, 0.717) is 23.2 Å². The van der Waals surface area contributed by atoms with Crippen LogP contribution in [0.1, 0.15) is 33.6 Å². The second-order valence-corrected chi connectivity index (χ2v) is 6.96. The first-order valence-electron chi connectivity index (χ1n) is 8.68. The maximum Gasteiger partial charge on any atom is 0.343 e. The van der Waals surface area contributed by atoms with Gasteiger partial charge in [-0.15, -0.1) is 0 Å². The van der Waals surface area contributed by atoms with E-state index in [-0.39, 0.29) is 13.0 Å². The number of nitrogens with one attached hydrogen (secondary N) is 2. The van der Waals surface area contributed by atoms with Crippen molar-refractivity contribution >= 4 is 29.4 Å². The van der Waals surface area contributed by atoms with E-state index in [9.17, 15) is 19.2 Å². The summed E-state index contributed by atoms with van der Waals surface area (Å²) in [7, 11) is 0. The average molecular weight is 355 g/mol. The van der Waals surface area contributed by atoms with Crippen LogP contribution in [-0.4, -0.2) is 65.5 Å². The van der Waals surface area contributed by atoms with Gasteiger partial charge in [0.15, 0.2) is 0 Å². The Bertz CT molecular complexity index is 855. The molecule has 2 unspecified atom stereocenters. The van der Waals surface area contributed by atoms with Gasteiger partial charge in [-0.1, -0.05) is 6.07 Å². The Morgan fingerprint density at radius 3 is 2.46 bits per heavy atom. The molecular formula is C17H17N5O4. The number of benzene rings is 1. The Hall–Kier alpha value is -2.94. The van der Waals surface area contributed by atoms with Gasteiger partial charge in [0.2, 0.25) is 5.91 Å². The zero-order valence-corrected chi connectivity index (χ0v) is 13.9. The summed E-state index contributed by atoms with van der Waals surface area (Å²) in [6.45, 7) is 1.70. The topological polar surface area (TPSA) is 102 Å². The van der Waals surface area contributed by atoms with E-state index in [1.807, 2.05) is 6.07 Å². The van der Waals surface area contributed by atoms with Crippen LogP contribution in [0.15, 0.2) is 18.2 Å². The zero-order chi connectivity index (χ0) is 18.0. The predicted molar refractivity (Wildman–Crippen MR) is 89.3 cm³/mol. The number of carbonyl (C=O) groups is 4. The number of hydrogen-bond acceptors (Lipinski definition) is 6. The molecule has 134 valence electrons. The van der Waals surface area contributed by atoms with Gasteiger partial charge in [-0.3, -0.25) is 19.7 Å². The largest absolute Gasteiger partial charge is 0.362 e. The van der Waals surface area contributed by atoms with Crippen molar-refractivity contribution in [1.82, 2.24) is 20.7 Å². The summed E-state index contributed by atoms with van der Waals surface area (Å²) in [5.41, 5.74) is 1.40. The molecule has 4 heterocycles. The monoisotopic (exact) mass is 355 g/mol. The third-order valence-electron chi connectivity index (χ3n) is 5.51. The van der Waals surface area contributed by atoms with E-state index >= 15 is 0 Å². The van der Waals surface area contributed by atoms with Gasteiger partial charge in [0, 0.05) is 31.6 Å². The number of anilines is 1. The lowest BCUT2D eigenvalue weighted by molar-refractivity contribution is -0.122. The van der Waals surface area contributed by atoms with Crippen molar-refractivity contribution in [3.8, 4) is 0 Å². The second kappa shape index (κ2) is 5.28. The molecule has 0 saturated carbocycles. The number of amides is 5. The number of piperidine rings is 1. The smallest absolute Gasteiger partial charge is 0.343 e. The predicted octanol–water partition coefficient (Wildman–Crippen LogP) is -0.310. The number of piperazine rings is 1. The molecule has 5 rings (SSSR count). The molecule has 2 atom stereocenters. The van der Waals surface area contributed by atoms with Crippen LogP contribution in [0.2, 0.25) is 0 Å². The number of rotatable bonds is 2. The highest BCUT2D eigenvalue weighted by Crippen LogP contribution is 2.40. The maximum absolute atomic E-state index is 13.1. The number of fused-ring (bicyclic) bond motifs is 3. The van der Waals surface area contributed by atoms with Crippen LogP contribution in [0.3, 0.4) is 0 Å². The molecule has 4 aliphatic rings. The van der Waals surface area contributed by atoms with Crippen LogP contribution in [0.5, 0.6) is 0 Å². The van der Waals surface area contributed by atoms with Crippen molar-refractivity contribution < 1.29 is 19.2 Å². The molecule has 0 aromatic heterocycles. The highest BCUT2D eigenvalue weighted by molar-refractivity contribution is 6.24. The van der Waals surface area contributed by atoms with E-state index in [2.05, 4.69) is 15.5 Å². The maximum atomic E-state index is 13.1. The van der Waals surface area contributed by atoms with Gasteiger partial charge >= 0.3 is 6.03 Å². The van der Waals surface area contributed by atoms with Crippen molar-refractivity contribution in [2.24, 2.45) is 0 Å². The van der Waals surface area contributed by atoms with Gasteiger partial charge < -0.3 is 10.2 Å². The molecule has 1 aromatic rings. The molecule has 3 fully saturated rings. The van der Waals surface area contributed by atoms with Crippen LogP contribution in [0, 0.1) is 0 Å². The van der Waals surface area contributed by atoms with Crippen molar-refractivity contribution in [2.75, 3.05) is 24.5 Å². The fraction of sp³-hybridized carbons (Fsp3) is 0.412. The summed E-state index contributed by atoms with van der Waals surface area (Å²) in [4.78, 5) is 51.6. The van der Waals surface area contributed by atoms with E-state index in [1.54, 1.807) is 12.1 Å². The van der Waals surface area contributed by atoms with E-state index in [4.69, 9.17) is 0 Å². The molecule has 5 amide bonds. The molecule has 1 aromatic carbocycles. The van der Waals surface area contributed by atoms with Gasteiger partial charge in [0.1, 0.15) is 0 Å². The first kappa shape index (κ1) is 15.3. The lowest BCUT2D eigenvalue weighted by Gasteiger charge is -2.55. The fourth-order valence-corrected chi connectivity index (χ4v) is 4.31. The van der Waals surface area contributed by atoms with Gasteiger partial charge in [-0.2, -0.15) is 5.01 Å². The Kier molecular flexibility index (Phi) is 3.11. The van der Waals surface area contributed by atoms with Crippen LogP contribution in [0.4, 0.5) is 10.5 Å². The number of nitrogens with zero attached hydrogens (tertiary/aromatic N) is 3. The summed E-state index contributed by atoms with van der Waals surface area (Å²) in [6, 6.07) is 5.12. The Labute approximate surface area is 148 Å². The lowest BCUT2D eigenvalue weighted by Crippen LogP contribution is -2.68. The summed E-state index contributed by atoms with van der Waals surface area (Å²) in [5.74, 6) is -1.45. The number of carbonyl (C=O) groups excluding carboxylic acids is 4. The highest BCUT2D eigenvalue weighted by Gasteiger charge is 2.48. The summed E-state index contributed by atoms with van der Waals surface area (Å²) >= 11 is 0. The molecule has 26 heavy (non-hydrogen) atoms. The zero-order valence-electron chi connectivity index (χ0n) is 13.9. The number of urea groups is 1. The van der Waals surface area contributed by atoms with Crippen molar-refractivity contribution in [3.05, 3.63) is 29.3 Å². The van der Waals surface area contributed by atoms with E-state index < -0.39 is 23.8 Å². The molecule has 4 aliphatic heterocycles. The van der Waals surface area contributed by atoms with E-state index in [0.717, 1.165) is 35.2 Å². The SMILES string of the molecule is O=C1CCN(N2C(=O)c3cccc(N4C5CNCC4C5)c3C2=O)C(=O)N1. The van der Waals surface area contributed by atoms with Crippen molar-refractivity contribution in [1.29, 1.82) is 0 Å².